The summed E-state index contributed by atoms with van der Waals surface area (Å²) in [5.74, 6) is 6.96. The minimum atomic E-state index is 0.592. The van der Waals surface area contributed by atoms with Crippen LogP contribution in [0.5, 0.6) is 0 Å². The van der Waals surface area contributed by atoms with Crippen LogP contribution in [0.4, 0.5) is 0 Å². The molecule has 2 saturated heterocycles. The fourth-order valence-electron chi connectivity index (χ4n) is 4.45. The van der Waals surface area contributed by atoms with E-state index in [0.29, 0.717) is 18.0 Å². The van der Waals surface area contributed by atoms with Gasteiger partial charge in [0.25, 0.3) is 0 Å². The van der Waals surface area contributed by atoms with Gasteiger partial charge in [-0.1, -0.05) is 37.1 Å². The molecule has 0 aliphatic carbocycles. The lowest BCUT2D eigenvalue weighted by atomic mass is 9.73. The lowest BCUT2D eigenvalue weighted by Gasteiger charge is -2.56. The van der Waals surface area contributed by atoms with Crippen LogP contribution in [0, 0.1) is 11.8 Å². The molecule has 0 unspecified atom stereocenters. The molecule has 3 heteroatoms. The lowest BCUT2D eigenvalue weighted by Crippen LogP contribution is -2.65. The Bertz CT molecular complexity index is 773. The average Bonchev–Trinajstić information content (AvgIpc) is 2.67. The zero-order valence-electron chi connectivity index (χ0n) is 15.5. The number of rotatable bonds is 2. The maximum atomic E-state index is 4.63. The van der Waals surface area contributed by atoms with Crippen molar-refractivity contribution in [3.8, 4) is 11.8 Å². The largest absolute Gasteiger partial charge is 0.315 e. The molecule has 2 aliphatic heterocycles. The van der Waals surface area contributed by atoms with Gasteiger partial charge in [-0.25, -0.2) is 4.98 Å². The summed E-state index contributed by atoms with van der Waals surface area (Å²) in [5, 5.41) is 3.63. The second kappa shape index (κ2) is 8.03. The van der Waals surface area contributed by atoms with Gasteiger partial charge in [-0.2, -0.15) is 0 Å². The molecule has 4 rings (SSSR count). The molecule has 1 aromatic carbocycles. The second-order valence-corrected chi connectivity index (χ2v) is 7.31. The summed E-state index contributed by atoms with van der Waals surface area (Å²) >= 11 is 0. The molecule has 2 aromatic rings. The Balaban J connectivity index is 1.50. The first-order chi connectivity index (χ1) is 12.9. The lowest BCUT2D eigenvalue weighted by molar-refractivity contribution is -0.0216. The number of aromatic nitrogens is 1. The van der Waals surface area contributed by atoms with Crippen LogP contribution in [0.1, 0.15) is 48.9 Å². The normalized spacial score (nSPS) is 25.8. The predicted octanol–water partition coefficient (Wildman–Crippen LogP) is 3.41. The van der Waals surface area contributed by atoms with Gasteiger partial charge in [0.2, 0.25) is 0 Å². The van der Waals surface area contributed by atoms with E-state index in [0.717, 1.165) is 24.3 Å². The van der Waals surface area contributed by atoms with Gasteiger partial charge in [-0.15, -0.1) is 0 Å². The Kier molecular flexibility index (Phi) is 5.34. The molecule has 0 saturated carbocycles. The standard InChI is InChI=1S/C23H27N3/c1-2-21-23(22-17-24-14-6-7-15-26(21)22)19-11-13-20(25-16-19)12-10-18-8-4-3-5-9-18/h3-5,8-9,11,13,16,21-24H,2,6-7,14-15,17H2,1H3/t21-,22+,23+/m1/s1. The van der Waals surface area contributed by atoms with Crippen molar-refractivity contribution in [2.45, 2.75) is 44.2 Å². The van der Waals surface area contributed by atoms with E-state index in [1.807, 2.05) is 30.3 Å². The van der Waals surface area contributed by atoms with E-state index in [9.17, 15) is 0 Å². The molecule has 0 bridgehead atoms. The van der Waals surface area contributed by atoms with Crippen LogP contribution in [0.2, 0.25) is 0 Å². The van der Waals surface area contributed by atoms with Gasteiger partial charge in [0, 0.05) is 36.3 Å². The summed E-state index contributed by atoms with van der Waals surface area (Å²) in [6, 6.07) is 15.7. The van der Waals surface area contributed by atoms with Crippen molar-refractivity contribution in [2.24, 2.45) is 0 Å². The number of fused-ring (bicyclic) bond motifs is 1. The van der Waals surface area contributed by atoms with Gasteiger partial charge in [0.05, 0.1) is 0 Å². The Labute approximate surface area is 156 Å². The molecule has 134 valence electrons. The van der Waals surface area contributed by atoms with Crippen LogP contribution in [0.15, 0.2) is 48.7 Å². The topological polar surface area (TPSA) is 28.2 Å². The molecule has 1 aromatic heterocycles. The maximum Gasteiger partial charge on any atom is 0.113 e. The highest BCUT2D eigenvalue weighted by Crippen LogP contribution is 2.42. The minimum absolute atomic E-state index is 0.592. The Morgan fingerprint density at radius 3 is 2.77 bits per heavy atom. The summed E-state index contributed by atoms with van der Waals surface area (Å²) in [5.41, 5.74) is 3.24. The van der Waals surface area contributed by atoms with E-state index in [1.54, 1.807) is 0 Å². The molecule has 3 heterocycles. The third-order valence-corrected chi connectivity index (χ3v) is 5.75. The van der Waals surface area contributed by atoms with Crippen LogP contribution in [0.25, 0.3) is 0 Å². The quantitative estimate of drug-likeness (QED) is 0.846. The fourth-order valence-corrected chi connectivity index (χ4v) is 4.45. The van der Waals surface area contributed by atoms with Crippen molar-refractivity contribution in [1.82, 2.24) is 15.2 Å². The molecule has 0 amide bonds. The first-order valence-corrected chi connectivity index (χ1v) is 9.86. The summed E-state index contributed by atoms with van der Waals surface area (Å²) in [7, 11) is 0. The van der Waals surface area contributed by atoms with E-state index >= 15 is 0 Å². The molecule has 2 aliphatic rings. The number of hydrogen-bond acceptors (Lipinski definition) is 3. The molecule has 3 nitrogen and oxygen atoms in total. The van der Waals surface area contributed by atoms with Gasteiger partial charge in [-0.3, -0.25) is 4.90 Å². The molecule has 0 radical (unpaired) electrons. The van der Waals surface area contributed by atoms with E-state index in [4.69, 9.17) is 0 Å². The minimum Gasteiger partial charge on any atom is -0.315 e. The van der Waals surface area contributed by atoms with Crippen molar-refractivity contribution in [2.75, 3.05) is 19.6 Å². The Morgan fingerprint density at radius 1 is 1.12 bits per heavy atom. The highest BCUT2D eigenvalue weighted by Gasteiger charge is 2.47. The van der Waals surface area contributed by atoms with Crippen molar-refractivity contribution in [3.05, 3.63) is 65.5 Å². The van der Waals surface area contributed by atoms with Crippen molar-refractivity contribution in [1.29, 1.82) is 0 Å². The molecular weight excluding hydrogens is 318 g/mol. The second-order valence-electron chi connectivity index (χ2n) is 7.31. The van der Waals surface area contributed by atoms with Crippen LogP contribution < -0.4 is 5.32 Å². The van der Waals surface area contributed by atoms with Crippen molar-refractivity contribution in [3.63, 3.8) is 0 Å². The predicted molar refractivity (Wildman–Crippen MR) is 106 cm³/mol. The first kappa shape index (κ1) is 17.3. The van der Waals surface area contributed by atoms with Crippen molar-refractivity contribution >= 4 is 0 Å². The number of nitrogens with zero attached hydrogens (tertiary/aromatic N) is 2. The molecule has 1 N–H and O–H groups in total. The van der Waals surface area contributed by atoms with Crippen LogP contribution in [0.3, 0.4) is 0 Å². The summed E-state index contributed by atoms with van der Waals surface area (Å²) in [4.78, 5) is 7.34. The maximum absolute atomic E-state index is 4.63. The van der Waals surface area contributed by atoms with Gasteiger partial charge < -0.3 is 5.32 Å². The number of pyridine rings is 1. The first-order valence-electron chi connectivity index (χ1n) is 9.86. The SMILES string of the molecule is CC[C@@H]1[C@H](c2ccc(C#Cc3ccccc3)nc2)[C@@H]2CNCCCCN12. The van der Waals surface area contributed by atoms with Crippen LogP contribution >= 0.6 is 0 Å². The zero-order valence-corrected chi connectivity index (χ0v) is 15.5. The Morgan fingerprint density at radius 2 is 2.00 bits per heavy atom. The van der Waals surface area contributed by atoms with E-state index in [-0.39, 0.29) is 0 Å². The van der Waals surface area contributed by atoms with Crippen LogP contribution in [-0.4, -0.2) is 41.6 Å². The third-order valence-electron chi connectivity index (χ3n) is 5.75. The number of hydrogen-bond donors (Lipinski definition) is 1. The third kappa shape index (κ3) is 3.53. The number of benzene rings is 1. The highest BCUT2D eigenvalue weighted by molar-refractivity contribution is 5.40. The molecule has 3 atom stereocenters. The smallest absolute Gasteiger partial charge is 0.113 e. The molecule has 2 fully saturated rings. The highest BCUT2D eigenvalue weighted by atomic mass is 15.3. The molecule has 0 spiro atoms. The van der Waals surface area contributed by atoms with E-state index in [1.165, 1.54) is 31.4 Å². The summed E-state index contributed by atoms with van der Waals surface area (Å²) < 4.78 is 0. The van der Waals surface area contributed by atoms with E-state index < -0.39 is 0 Å². The van der Waals surface area contributed by atoms with Crippen molar-refractivity contribution < 1.29 is 0 Å². The molecular formula is C23H27N3. The monoisotopic (exact) mass is 345 g/mol. The summed E-state index contributed by atoms with van der Waals surface area (Å²) in [6.45, 7) is 5.81. The Hall–Kier alpha value is -2.15. The van der Waals surface area contributed by atoms with Gasteiger partial charge in [0.15, 0.2) is 0 Å². The number of nitrogens with one attached hydrogen (secondary N) is 1. The van der Waals surface area contributed by atoms with Gasteiger partial charge in [0.1, 0.15) is 5.69 Å². The average molecular weight is 345 g/mol. The summed E-state index contributed by atoms with van der Waals surface area (Å²) in [6.07, 6.45) is 5.86. The fraction of sp³-hybridized carbons (Fsp3) is 0.435. The molecule has 26 heavy (non-hydrogen) atoms. The zero-order chi connectivity index (χ0) is 17.8. The van der Waals surface area contributed by atoms with Crippen LogP contribution in [-0.2, 0) is 0 Å². The van der Waals surface area contributed by atoms with E-state index in [2.05, 4.69) is 52.3 Å². The van der Waals surface area contributed by atoms with Gasteiger partial charge in [-0.05, 0) is 62.0 Å². The van der Waals surface area contributed by atoms with Gasteiger partial charge >= 0.3 is 0 Å².